The van der Waals surface area contributed by atoms with E-state index in [9.17, 15) is 14.7 Å². The molecule has 4 aliphatic carbocycles. The fourth-order valence-corrected chi connectivity index (χ4v) is 7.49. The number of rotatable bonds is 3. The molecule has 3 heteroatoms. The average molecular weight is 344 g/mol. The standard InChI is InChI=1S/C22H32O3/c1-3-13-11-19-18-6-4-14-10-15(24)5-7-16(14)17(18)8-9-22(19,2)21(13)20(25)12-23/h10,13,16-19,21,23H,3-9,11-12H2,1-2H3/t13-,16-,17-,18+,19+,21-,22+/m1/s1. The van der Waals surface area contributed by atoms with Gasteiger partial charge in [-0.25, -0.2) is 0 Å². The van der Waals surface area contributed by atoms with Gasteiger partial charge < -0.3 is 5.11 Å². The third-order valence-corrected chi connectivity index (χ3v) is 8.50. The van der Waals surface area contributed by atoms with Crippen LogP contribution in [0.1, 0.15) is 65.2 Å². The third-order valence-electron chi connectivity index (χ3n) is 8.50. The maximum atomic E-state index is 12.6. The zero-order chi connectivity index (χ0) is 17.8. The van der Waals surface area contributed by atoms with E-state index in [1.807, 2.05) is 6.08 Å². The molecule has 25 heavy (non-hydrogen) atoms. The lowest BCUT2D eigenvalue weighted by Crippen LogP contribution is -2.48. The Morgan fingerprint density at radius 3 is 2.76 bits per heavy atom. The van der Waals surface area contributed by atoms with Crippen LogP contribution in [0.5, 0.6) is 0 Å². The molecule has 3 nitrogen and oxygen atoms in total. The van der Waals surface area contributed by atoms with Gasteiger partial charge in [-0.05, 0) is 79.6 Å². The number of carbonyl (C=O) groups is 2. The maximum absolute atomic E-state index is 12.6. The molecule has 0 aromatic rings. The van der Waals surface area contributed by atoms with Gasteiger partial charge in [-0.3, -0.25) is 9.59 Å². The number of hydrogen-bond donors (Lipinski definition) is 1. The van der Waals surface area contributed by atoms with Crippen molar-refractivity contribution in [3.8, 4) is 0 Å². The number of aliphatic hydroxyl groups is 1. The van der Waals surface area contributed by atoms with E-state index in [-0.39, 0.29) is 23.7 Å². The van der Waals surface area contributed by atoms with Crippen molar-refractivity contribution in [1.82, 2.24) is 0 Å². The SMILES string of the molecule is CC[C@@H]1C[C@H]2[C@H]3CCC4=CC(=O)CC[C@H]4[C@H]3CC[C@]2(C)[C@H]1C(=O)CO. The van der Waals surface area contributed by atoms with Gasteiger partial charge in [0, 0.05) is 12.3 Å². The molecule has 0 aromatic heterocycles. The Labute approximate surface area is 151 Å². The third kappa shape index (κ3) is 2.57. The second kappa shape index (κ2) is 6.33. The van der Waals surface area contributed by atoms with Crippen LogP contribution in [0.25, 0.3) is 0 Å². The molecule has 3 saturated carbocycles. The van der Waals surface area contributed by atoms with Gasteiger partial charge in [-0.2, -0.15) is 0 Å². The van der Waals surface area contributed by atoms with Gasteiger partial charge >= 0.3 is 0 Å². The van der Waals surface area contributed by atoms with Gasteiger partial charge in [0.05, 0.1) is 0 Å². The van der Waals surface area contributed by atoms with Crippen LogP contribution in [0.15, 0.2) is 11.6 Å². The number of carbonyl (C=O) groups excluding carboxylic acids is 2. The largest absolute Gasteiger partial charge is 0.389 e. The first kappa shape index (κ1) is 17.5. The highest BCUT2D eigenvalue weighted by Crippen LogP contribution is 2.65. The summed E-state index contributed by atoms with van der Waals surface area (Å²) in [5.41, 5.74) is 1.50. The highest BCUT2D eigenvalue weighted by Gasteiger charge is 2.60. The summed E-state index contributed by atoms with van der Waals surface area (Å²) in [4.78, 5) is 24.4. The Morgan fingerprint density at radius 1 is 1.24 bits per heavy atom. The molecule has 0 spiro atoms. The monoisotopic (exact) mass is 344 g/mol. The summed E-state index contributed by atoms with van der Waals surface area (Å²) >= 11 is 0. The number of hydrogen-bond acceptors (Lipinski definition) is 3. The molecule has 0 radical (unpaired) electrons. The molecule has 0 amide bonds. The minimum absolute atomic E-state index is 0.0540. The second-order valence-corrected chi connectivity index (χ2v) is 9.35. The molecule has 0 bridgehead atoms. The Hall–Kier alpha value is -0.960. The topological polar surface area (TPSA) is 54.4 Å². The molecule has 0 saturated heterocycles. The van der Waals surface area contributed by atoms with Crippen LogP contribution in [0.3, 0.4) is 0 Å². The zero-order valence-electron chi connectivity index (χ0n) is 15.7. The van der Waals surface area contributed by atoms with Crippen LogP contribution < -0.4 is 0 Å². The lowest BCUT2D eigenvalue weighted by molar-refractivity contribution is -0.133. The van der Waals surface area contributed by atoms with Crippen LogP contribution in [0.4, 0.5) is 0 Å². The zero-order valence-corrected chi connectivity index (χ0v) is 15.7. The second-order valence-electron chi connectivity index (χ2n) is 9.35. The average Bonchev–Trinajstić information content (AvgIpc) is 2.93. The molecule has 4 aliphatic rings. The van der Waals surface area contributed by atoms with E-state index in [0.29, 0.717) is 35.4 Å². The van der Waals surface area contributed by atoms with Gasteiger partial charge in [0.15, 0.2) is 11.6 Å². The summed E-state index contributed by atoms with van der Waals surface area (Å²) in [7, 11) is 0. The van der Waals surface area contributed by atoms with Crippen molar-refractivity contribution in [2.45, 2.75) is 65.2 Å². The van der Waals surface area contributed by atoms with E-state index in [1.54, 1.807) is 0 Å². The maximum Gasteiger partial charge on any atom is 0.162 e. The first-order valence-corrected chi connectivity index (χ1v) is 10.4. The van der Waals surface area contributed by atoms with Crippen molar-refractivity contribution in [2.75, 3.05) is 6.61 Å². The summed E-state index contributed by atoms with van der Waals surface area (Å²) in [6.07, 6.45) is 10.5. The predicted octanol–water partition coefficient (Wildman–Crippen LogP) is 3.94. The summed E-state index contributed by atoms with van der Waals surface area (Å²) in [6, 6.07) is 0. The van der Waals surface area contributed by atoms with Gasteiger partial charge in [0.2, 0.25) is 0 Å². The Balaban J connectivity index is 1.64. The van der Waals surface area contributed by atoms with Crippen molar-refractivity contribution in [2.24, 2.45) is 40.9 Å². The van der Waals surface area contributed by atoms with E-state index in [2.05, 4.69) is 13.8 Å². The number of ketones is 2. The van der Waals surface area contributed by atoms with Crippen molar-refractivity contribution < 1.29 is 14.7 Å². The van der Waals surface area contributed by atoms with Crippen LogP contribution in [-0.2, 0) is 9.59 Å². The smallest absolute Gasteiger partial charge is 0.162 e. The van der Waals surface area contributed by atoms with E-state index in [0.717, 1.165) is 38.5 Å². The molecule has 138 valence electrons. The quantitative estimate of drug-likeness (QED) is 0.843. The molecular formula is C22H32O3. The van der Waals surface area contributed by atoms with Crippen molar-refractivity contribution in [3.05, 3.63) is 11.6 Å². The molecule has 4 rings (SSSR count). The van der Waals surface area contributed by atoms with E-state index in [1.165, 1.54) is 18.4 Å². The summed E-state index contributed by atoms with van der Waals surface area (Å²) in [5.74, 6) is 3.56. The van der Waals surface area contributed by atoms with Crippen LogP contribution in [0.2, 0.25) is 0 Å². The lowest BCUT2D eigenvalue weighted by Gasteiger charge is -2.53. The fourth-order valence-electron chi connectivity index (χ4n) is 7.49. The molecular weight excluding hydrogens is 312 g/mol. The molecule has 7 atom stereocenters. The first-order valence-electron chi connectivity index (χ1n) is 10.4. The number of fused-ring (bicyclic) bond motifs is 5. The molecule has 0 aliphatic heterocycles. The van der Waals surface area contributed by atoms with E-state index < -0.39 is 0 Å². The molecule has 1 N–H and O–H groups in total. The molecule has 3 fully saturated rings. The van der Waals surface area contributed by atoms with Gasteiger partial charge in [-0.1, -0.05) is 25.8 Å². The summed E-state index contributed by atoms with van der Waals surface area (Å²) in [6.45, 7) is 4.25. The number of Topliss-reactive ketones (excluding diaryl/α,β-unsaturated/α-hetero) is 1. The first-order chi connectivity index (χ1) is 12.0. The Bertz CT molecular complexity index is 606. The molecule has 0 aromatic carbocycles. The Kier molecular flexibility index (Phi) is 4.42. The van der Waals surface area contributed by atoms with Crippen LogP contribution >= 0.6 is 0 Å². The normalized spacial score (nSPS) is 46.0. The predicted molar refractivity (Wildman–Crippen MR) is 96.8 cm³/mol. The van der Waals surface area contributed by atoms with Crippen LogP contribution in [0, 0.1) is 40.9 Å². The highest BCUT2D eigenvalue weighted by atomic mass is 16.3. The number of allylic oxidation sites excluding steroid dienone is 1. The summed E-state index contributed by atoms with van der Waals surface area (Å²) in [5, 5.41) is 9.54. The van der Waals surface area contributed by atoms with Crippen molar-refractivity contribution in [3.63, 3.8) is 0 Å². The van der Waals surface area contributed by atoms with Crippen molar-refractivity contribution in [1.29, 1.82) is 0 Å². The Morgan fingerprint density at radius 2 is 2.04 bits per heavy atom. The molecule has 0 unspecified atom stereocenters. The number of aliphatic hydroxyl groups excluding tert-OH is 1. The minimum Gasteiger partial charge on any atom is -0.389 e. The highest BCUT2D eigenvalue weighted by molar-refractivity contribution is 5.91. The lowest BCUT2D eigenvalue weighted by atomic mass is 9.51. The van der Waals surface area contributed by atoms with Crippen molar-refractivity contribution >= 4 is 11.6 Å². The fraction of sp³-hybridized carbons (Fsp3) is 0.818. The minimum atomic E-state index is -0.296. The summed E-state index contributed by atoms with van der Waals surface area (Å²) < 4.78 is 0. The van der Waals surface area contributed by atoms with Gasteiger partial charge in [0.1, 0.15) is 6.61 Å². The van der Waals surface area contributed by atoms with E-state index >= 15 is 0 Å². The van der Waals surface area contributed by atoms with Gasteiger partial charge in [-0.15, -0.1) is 0 Å². The molecule has 0 heterocycles. The van der Waals surface area contributed by atoms with Crippen LogP contribution in [-0.4, -0.2) is 23.3 Å². The van der Waals surface area contributed by atoms with Gasteiger partial charge in [0.25, 0.3) is 0 Å². The van der Waals surface area contributed by atoms with E-state index in [4.69, 9.17) is 0 Å².